The average Bonchev–Trinajstić information content (AvgIpc) is 2.79. The maximum absolute atomic E-state index is 6.12. The van der Waals surface area contributed by atoms with Gasteiger partial charge in [-0.3, -0.25) is 4.98 Å². The lowest BCUT2D eigenvalue weighted by Crippen LogP contribution is -2.09. The van der Waals surface area contributed by atoms with E-state index in [2.05, 4.69) is 35.3 Å². The fraction of sp³-hybridized carbons (Fsp3) is 0.438. The Bertz CT molecular complexity index is 788. The zero-order valence-corrected chi connectivity index (χ0v) is 12.8. The molecular formula is C16H21N5. The molecule has 0 atom stereocenters. The maximum atomic E-state index is 6.12. The molecule has 5 nitrogen and oxygen atoms in total. The van der Waals surface area contributed by atoms with Crippen LogP contribution in [0.4, 0.5) is 5.82 Å². The van der Waals surface area contributed by atoms with Crippen LogP contribution in [-0.4, -0.2) is 19.5 Å². The Kier molecular flexibility index (Phi) is 3.49. The third kappa shape index (κ3) is 2.33. The number of hydrogen-bond acceptors (Lipinski definition) is 4. The van der Waals surface area contributed by atoms with Crippen molar-refractivity contribution in [3.63, 3.8) is 0 Å². The summed E-state index contributed by atoms with van der Waals surface area (Å²) < 4.78 is 2.31. The normalized spacial score (nSPS) is 11.8. The molecule has 0 spiro atoms. The molecule has 0 radical (unpaired) electrons. The Morgan fingerprint density at radius 1 is 1.29 bits per heavy atom. The minimum Gasteiger partial charge on any atom is -0.382 e. The monoisotopic (exact) mass is 283 g/mol. The predicted molar refractivity (Wildman–Crippen MR) is 86.1 cm³/mol. The Hall–Kier alpha value is -2.17. The summed E-state index contributed by atoms with van der Waals surface area (Å²) >= 11 is 0. The van der Waals surface area contributed by atoms with E-state index >= 15 is 0 Å². The number of pyridine rings is 2. The second kappa shape index (κ2) is 5.31. The number of rotatable bonds is 4. The van der Waals surface area contributed by atoms with Crippen LogP contribution in [0.1, 0.15) is 33.0 Å². The van der Waals surface area contributed by atoms with Gasteiger partial charge in [-0.1, -0.05) is 20.8 Å². The molecule has 3 aromatic heterocycles. The molecule has 0 bridgehead atoms. The van der Waals surface area contributed by atoms with E-state index in [1.807, 2.05) is 6.07 Å². The number of anilines is 1. The third-order valence-electron chi connectivity index (χ3n) is 3.61. The summed E-state index contributed by atoms with van der Waals surface area (Å²) in [5, 5.41) is 1.07. The van der Waals surface area contributed by atoms with Gasteiger partial charge in [-0.25, -0.2) is 9.97 Å². The molecule has 5 heteroatoms. The Labute approximate surface area is 124 Å². The number of aryl methyl sites for hydroxylation is 1. The van der Waals surface area contributed by atoms with E-state index in [0.717, 1.165) is 47.1 Å². The number of aromatic nitrogens is 4. The molecule has 0 aliphatic heterocycles. The van der Waals surface area contributed by atoms with Crippen LogP contribution in [0, 0.1) is 5.92 Å². The first-order valence-electron chi connectivity index (χ1n) is 7.50. The van der Waals surface area contributed by atoms with Crippen LogP contribution in [0.2, 0.25) is 0 Å². The highest BCUT2D eigenvalue weighted by atomic mass is 15.1. The molecule has 3 rings (SSSR count). The van der Waals surface area contributed by atoms with Gasteiger partial charge in [0.2, 0.25) is 0 Å². The average molecular weight is 283 g/mol. The molecule has 0 aliphatic carbocycles. The maximum Gasteiger partial charge on any atom is 0.152 e. The molecule has 3 heterocycles. The van der Waals surface area contributed by atoms with Gasteiger partial charge in [-0.2, -0.15) is 0 Å². The smallest absolute Gasteiger partial charge is 0.152 e. The van der Waals surface area contributed by atoms with Crippen molar-refractivity contribution >= 4 is 27.8 Å². The van der Waals surface area contributed by atoms with Gasteiger partial charge in [0, 0.05) is 24.5 Å². The Balaban J connectivity index is 2.39. The molecular weight excluding hydrogens is 262 g/mol. The SMILES string of the molecule is CCCc1nc2c(N)nc3cnccc3c2n1CC(C)C. The number of hydrogen-bond donors (Lipinski definition) is 1. The molecule has 0 saturated heterocycles. The van der Waals surface area contributed by atoms with E-state index in [0.29, 0.717) is 11.7 Å². The van der Waals surface area contributed by atoms with Crippen LogP contribution >= 0.6 is 0 Å². The zero-order chi connectivity index (χ0) is 15.0. The molecule has 0 amide bonds. The molecule has 0 saturated carbocycles. The van der Waals surface area contributed by atoms with Gasteiger partial charge >= 0.3 is 0 Å². The second-order valence-electron chi connectivity index (χ2n) is 5.87. The molecule has 0 aromatic carbocycles. The van der Waals surface area contributed by atoms with Crippen LogP contribution in [0.25, 0.3) is 21.9 Å². The quantitative estimate of drug-likeness (QED) is 0.798. The van der Waals surface area contributed by atoms with Crippen molar-refractivity contribution in [2.75, 3.05) is 5.73 Å². The molecule has 0 fully saturated rings. The van der Waals surface area contributed by atoms with Crippen LogP contribution < -0.4 is 5.73 Å². The highest BCUT2D eigenvalue weighted by Crippen LogP contribution is 2.29. The first kappa shape index (κ1) is 13.8. The summed E-state index contributed by atoms with van der Waals surface area (Å²) in [5.41, 5.74) is 8.86. The van der Waals surface area contributed by atoms with Gasteiger partial charge < -0.3 is 10.3 Å². The molecule has 110 valence electrons. The van der Waals surface area contributed by atoms with E-state index in [-0.39, 0.29) is 0 Å². The van der Waals surface area contributed by atoms with Gasteiger partial charge in [0.05, 0.1) is 17.2 Å². The van der Waals surface area contributed by atoms with Crippen molar-refractivity contribution in [1.82, 2.24) is 19.5 Å². The van der Waals surface area contributed by atoms with Gasteiger partial charge in [0.1, 0.15) is 11.3 Å². The van der Waals surface area contributed by atoms with E-state index in [4.69, 9.17) is 10.7 Å². The summed E-state index contributed by atoms with van der Waals surface area (Å²) in [6, 6.07) is 2.00. The topological polar surface area (TPSA) is 69.6 Å². The summed E-state index contributed by atoms with van der Waals surface area (Å²) in [4.78, 5) is 13.3. The number of fused-ring (bicyclic) bond motifs is 3. The highest BCUT2D eigenvalue weighted by molar-refractivity contribution is 6.06. The number of nitrogen functional groups attached to an aromatic ring is 1. The van der Waals surface area contributed by atoms with Crippen molar-refractivity contribution in [1.29, 1.82) is 0 Å². The van der Waals surface area contributed by atoms with Gasteiger partial charge in [-0.15, -0.1) is 0 Å². The van der Waals surface area contributed by atoms with E-state index in [1.165, 1.54) is 0 Å². The zero-order valence-electron chi connectivity index (χ0n) is 12.8. The summed E-state index contributed by atoms with van der Waals surface area (Å²) in [6.07, 6.45) is 5.57. The van der Waals surface area contributed by atoms with Crippen molar-refractivity contribution in [3.8, 4) is 0 Å². The first-order valence-corrected chi connectivity index (χ1v) is 7.50. The number of nitrogens with zero attached hydrogens (tertiary/aromatic N) is 4. The largest absolute Gasteiger partial charge is 0.382 e. The van der Waals surface area contributed by atoms with Crippen molar-refractivity contribution < 1.29 is 0 Å². The van der Waals surface area contributed by atoms with E-state index in [1.54, 1.807) is 12.4 Å². The molecule has 2 N–H and O–H groups in total. The van der Waals surface area contributed by atoms with E-state index < -0.39 is 0 Å². The number of nitrogens with two attached hydrogens (primary N) is 1. The molecule has 3 aromatic rings. The Morgan fingerprint density at radius 3 is 2.81 bits per heavy atom. The van der Waals surface area contributed by atoms with Crippen molar-refractivity contribution in [2.24, 2.45) is 5.92 Å². The Morgan fingerprint density at radius 2 is 2.10 bits per heavy atom. The van der Waals surface area contributed by atoms with Crippen LogP contribution in [-0.2, 0) is 13.0 Å². The second-order valence-corrected chi connectivity index (χ2v) is 5.87. The molecule has 0 unspecified atom stereocenters. The lowest BCUT2D eigenvalue weighted by Gasteiger charge is -2.12. The first-order chi connectivity index (χ1) is 10.1. The lowest BCUT2D eigenvalue weighted by molar-refractivity contribution is 0.516. The minimum absolute atomic E-state index is 0.491. The van der Waals surface area contributed by atoms with Crippen LogP contribution in [0.15, 0.2) is 18.5 Å². The van der Waals surface area contributed by atoms with Crippen molar-refractivity contribution in [2.45, 2.75) is 40.2 Å². The van der Waals surface area contributed by atoms with Crippen LogP contribution in [0.3, 0.4) is 0 Å². The predicted octanol–water partition coefficient (Wildman–Crippen LogP) is 3.17. The summed E-state index contributed by atoms with van der Waals surface area (Å²) in [6.45, 7) is 7.54. The van der Waals surface area contributed by atoms with Gasteiger partial charge in [0.15, 0.2) is 5.82 Å². The van der Waals surface area contributed by atoms with Gasteiger partial charge in [0.25, 0.3) is 0 Å². The van der Waals surface area contributed by atoms with E-state index in [9.17, 15) is 0 Å². The third-order valence-corrected chi connectivity index (χ3v) is 3.61. The van der Waals surface area contributed by atoms with Crippen molar-refractivity contribution in [3.05, 3.63) is 24.3 Å². The summed E-state index contributed by atoms with van der Waals surface area (Å²) in [5.74, 6) is 2.13. The molecule has 21 heavy (non-hydrogen) atoms. The highest BCUT2D eigenvalue weighted by Gasteiger charge is 2.17. The molecule has 0 aliphatic rings. The standard InChI is InChI=1S/C16H21N5/c1-4-5-13-20-14-15(21(13)9-10(2)3)11-6-7-18-8-12(11)19-16(14)17/h6-8,10H,4-5,9H2,1-3H3,(H2,17,19). The lowest BCUT2D eigenvalue weighted by atomic mass is 10.2. The summed E-state index contributed by atoms with van der Waals surface area (Å²) in [7, 11) is 0. The van der Waals surface area contributed by atoms with Crippen LogP contribution in [0.5, 0.6) is 0 Å². The fourth-order valence-corrected chi connectivity index (χ4v) is 2.79. The number of imidazole rings is 1. The fourth-order valence-electron chi connectivity index (χ4n) is 2.79. The minimum atomic E-state index is 0.491. The van der Waals surface area contributed by atoms with Gasteiger partial charge in [-0.05, 0) is 18.4 Å².